The lowest BCUT2D eigenvalue weighted by Gasteiger charge is -2.34. The molecule has 28 heavy (non-hydrogen) atoms. The molecule has 0 atom stereocenters. The molecule has 7 nitrogen and oxygen atoms in total. The molecule has 1 aliphatic rings. The number of rotatable bonds is 7. The third kappa shape index (κ3) is 3.61. The van der Waals surface area contributed by atoms with Crippen molar-refractivity contribution < 1.29 is 4.74 Å². The van der Waals surface area contributed by atoms with Crippen LogP contribution < -0.4 is 20.3 Å². The molecule has 0 aliphatic carbocycles. The Bertz CT molecular complexity index is 862. The maximum absolute atomic E-state index is 7.83. The lowest BCUT2D eigenvalue weighted by Crippen LogP contribution is -2.35. The van der Waals surface area contributed by atoms with Gasteiger partial charge in [-0.05, 0) is 45.7 Å². The fourth-order valence-corrected chi connectivity index (χ4v) is 3.86. The maximum Gasteiger partial charge on any atom is 0.318 e. The van der Waals surface area contributed by atoms with Crippen LogP contribution in [0.15, 0.2) is 12.1 Å². The van der Waals surface area contributed by atoms with Crippen LogP contribution in [0.2, 0.25) is 0 Å². The molecule has 1 aromatic heterocycles. The summed E-state index contributed by atoms with van der Waals surface area (Å²) in [6.45, 7) is 12.1. The van der Waals surface area contributed by atoms with Gasteiger partial charge in [0, 0.05) is 42.7 Å². The van der Waals surface area contributed by atoms with Crippen LogP contribution in [0.25, 0.3) is 0 Å². The molecule has 0 radical (unpaired) electrons. The number of nitrogens with two attached hydrogens (primary N) is 1. The number of fused-ring (bicyclic) bond motifs is 1. The lowest BCUT2D eigenvalue weighted by atomic mass is 10.00. The number of aromatic nitrogens is 2. The normalized spacial score (nSPS) is 13.2. The zero-order chi connectivity index (χ0) is 20.3. The minimum atomic E-state index is 0.432. The summed E-state index contributed by atoms with van der Waals surface area (Å²) < 4.78 is 5.66. The molecule has 1 aromatic carbocycles. The Kier molecular flexibility index (Phi) is 6.02. The van der Waals surface area contributed by atoms with E-state index in [0.29, 0.717) is 24.8 Å². The van der Waals surface area contributed by atoms with Crippen molar-refractivity contribution in [3.63, 3.8) is 0 Å². The number of hydrogen-bond donors (Lipinski definition) is 2. The molecular weight excluding hydrogens is 352 g/mol. The van der Waals surface area contributed by atoms with Crippen molar-refractivity contribution in [2.45, 2.75) is 40.7 Å². The summed E-state index contributed by atoms with van der Waals surface area (Å²) in [5.41, 5.74) is 11.8. The van der Waals surface area contributed by atoms with Gasteiger partial charge < -0.3 is 25.7 Å². The molecule has 0 spiro atoms. The molecule has 7 heteroatoms. The van der Waals surface area contributed by atoms with E-state index in [9.17, 15) is 0 Å². The second kappa shape index (κ2) is 8.46. The average Bonchev–Trinajstić information content (AvgIpc) is 2.70. The molecule has 1 aliphatic heterocycles. The van der Waals surface area contributed by atoms with Gasteiger partial charge in [-0.2, -0.15) is 9.97 Å². The molecule has 0 fully saturated rings. The van der Waals surface area contributed by atoms with Gasteiger partial charge in [-0.3, -0.25) is 0 Å². The first-order valence-electron chi connectivity index (χ1n) is 9.95. The van der Waals surface area contributed by atoms with Crippen LogP contribution in [0, 0.1) is 12.3 Å². The molecule has 150 valence electrons. The molecule has 0 saturated heterocycles. The number of benzene rings is 1. The number of nitrogens with one attached hydrogen (secondary N) is 1. The van der Waals surface area contributed by atoms with E-state index in [4.69, 9.17) is 25.8 Å². The zero-order valence-electron chi connectivity index (χ0n) is 17.2. The quantitative estimate of drug-likeness (QED) is 0.564. The largest absolute Gasteiger partial charge is 0.464 e. The topological polar surface area (TPSA) is 91.4 Å². The van der Waals surface area contributed by atoms with Gasteiger partial charge in [0.2, 0.25) is 0 Å². The van der Waals surface area contributed by atoms with Gasteiger partial charge in [0.15, 0.2) is 0 Å². The van der Waals surface area contributed by atoms with Gasteiger partial charge in [-0.1, -0.05) is 6.07 Å². The summed E-state index contributed by atoms with van der Waals surface area (Å²) in [6, 6.07) is 4.31. The second-order valence-electron chi connectivity index (χ2n) is 6.91. The Labute approximate surface area is 167 Å². The molecule has 2 heterocycles. The molecule has 3 N–H and O–H groups in total. The predicted molar refractivity (Wildman–Crippen MR) is 115 cm³/mol. The molecule has 2 aromatic rings. The van der Waals surface area contributed by atoms with Crippen molar-refractivity contribution in [2.24, 2.45) is 0 Å². The highest BCUT2D eigenvalue weighted by Gasteiger charge is 2.27. The minimum absolute atomic E-state index is 0.432. The van der Waals surface area contributed by atoms with E-state index >= 15 is 0 Å². The maximum atomic E-state index is 7.83. The summed E-state index contributed by atoms with van der Waals surface area (Å²) in [5.74, 6) is 0.981. The number of hydrogen-bond acceptors (Lipinski definition) is 7. The summed E-state index contributed by atoms with van der Waals surface area (Å²) in [5, 5.41) is 7.83. The van der Waals surface area contributed by atoms with E-state index in [1.54, 1.807) is 0 Å². The fourth-order valence-electron chi connectivity index (χ4n) is 3.86. The number of ether oxygens (including phenoxy) is 1. The van der Waals surface area contributed by atoms with E-state index in [1.165, 1.54) is 11.8 Å². The average molecular weight is 383 g/mol. The van der Waals surface area contributed by atoms with E-state index in [2.05, 4.69) is 30.6 Å². The van der Waals surface area contributed by atoms with Crippen molar-refractivity contribution in [3.05, 3.63) is 34.5 Å². The van der Waals surface area contributed by atoms with Crippen molar-refractivity contribution in [2.75, 3.05) is 41.8 Å². The van der Waals surface area contributed by atoms with E-state index in [1.807, 2.05) is 19.1 Å². The third-order valence-electron chi connectivity index (χ3n) is 5.27. The molecule has 0 unspecified atom stereocenters. The van der Waals surface area contributed by atoms with Crippen molar-refractivity contribution in [1.29, 1.82) is 5.41 Å². The molecule has 0 bridgehead atoms. The van der Waals surface area contributed by atoms with Crippen LogP contribution in [0.5, 0.6) is 6.01 Å². The van der Waals surface area contributed by atoms with E-state index < -0.39 is 0 Å². The Balaban J connectivity index is 2.06. The van der Waals surface area contributed by atoms with E-state index in [-0.39, 0.29) is 0 Å². The first-order chi connectivity index (χ1) is 13.5. The smallest absolute Gasteiger partial charge is 0.318 e. The van der Waals surface area contributed by atoms with Crippen molar-refractivity contribution >= 4 is 23.4 Å². The first-order valence-corrected chi connectivity index (χ1v) is 9.95. The first kappa shape index (κ1) is 19.9. The van der Waals surface area contributed by atoms with E-state index in [0.717, 1.165) is 54.4 Å². The Morgan fingerprint density at radius 2 is 2.00 bits per heavy atom. The predicted octanol–water partition coefficient (Wildman–Crippen LogP) is 3.17. The summed E-state index contributed by atoms with van der Waals surface area (Å²) in [7, 11) is 0. The monoisotopic (exact) mass is 382 g/mol. The van der Waals surface area contributed by atoms with Crippen LogP contribution in [0.3, 0.4) is 0 Å². The van der Waals surface area contributed by atoms with Crippen LogP contribution >= 0.6 is 0 Å². The Morgan fingerprint density at radius 1 is 1.25 bits per heavy atom. The van der Waals surface area contributed by atoms with Gasteiger partial charge >= 0.3 is 6.01 Å². The standard InChI is InChI=1S/C21H30N6O/c1-5-26(6-2)20-15-10-11-27(13-18(15)24-21(25-20)28-7-3)19-14(4)8-9-17(23)16(19)12-22/h8-9,12,22H,5-7,10-11,13,23H2,1-4H3. The summed E-state index contributed by atoms with van der Waals surface area (Å²) in [4.78, 5) is 13.9. The number of anilines is 3. The Hall–Kier alpha value is -2.83. The van der Waals surface area contributed by atoms with Crippen LogP contribution in [0.4, 0.5) is 17.2 Å². The van der Waals surface area contributed by atoms with Crippen LogP contribution in [0.1, 0.15) is 43.2 Å². The van der Waals surface area contributed by atoms with Crippen molar-refractivity contribution in [3.8, 4) is 6.01 Å². The van der Waals surface area contributed by atoms with Crippen LogP contribution in [-0.2, 0) is 13.0 Å². The highest BCUT2D eigenvalue weighted by Crippen LogP contribution is 2.34. The molecule has 0 saturated carbocycles. The van der Waals surface area contributed by atoms with Gasteiger partial charge in [-0.15, -0.1) is 0 Å². The molecule has 0 amide bonds. The Morgan fingerprint density at radius 3 is 2.64 bits per heavy atom. The molecule has 3 rings (SSSR count). The summed E-state index contributed by atoms with van der Waals surface area (Å²) >= 11 is 0. The lowest BCUT2D eigenvalue weighted by molar-refractivity contribution is 0.310. The number of nitrogen functional groups attached to an aromatic ring is 1. The minimum Gasteiger partial charge on any atom is -0.464 e. The zero-order valence-corrected chi connectivity index (χ0v) is 17.2. The summed E-state index contributed by atoms with van der Waals surface area (Å²) in [6.07, 6.45) is 2.19. The van der Waals surface area contributed by atoms with Gasteiger partial charge in [-0.25, -0.2) is 0 Å². The molecular formula is C21H30N6O. The number of aryl methyl sites for hydroxylation is 1. The van der Waals surface area contributed by atoms with Gasteiger partial charge in [0.25, 0.3) is 0 Å². The SMILES string of the molecule is CCOc1nc2c(c(N(CC)CC)n1)CCN(c1c(C)ccc(N)c1C=N)C2. The fraction of sp³-hybridized carbons (Fsp3) is 0.476. The second-order valence-corrected chi connectivity index (χ2v) is 6.91. The highest BCUT2D eigenvalue weighted by molar-refractivity contribution is 5.94. The van der Waals surface area contributed by atoms with Crippen molar-refractivity contribution in [1.82, 2.24) is 9.97 Å². The van der Waals surface area contributed by atoms with Gasteiger partial charge in [0.1, 0.15) is 5.82 Å². The van der Waals surface area contributed by atoms with Crippen LogP contribution in [-0.4, -0.2) is 42.4 Å². The highest BCUT2D eigenvalue weighted by atomic mass is 16.5. The third-order valence-corrected chi connectivity index (χ3v) is 5.27. The number of nitrogens with zero attached hydrogens (tertiary/aromatic N) is 4. The van der Waals surface area contributed by atoms with Gasteiger partial charge in [0.05, 0.1) is 24.5 Å².